The summed E-state index contributed by atoms with van der Waals surface area (Å²) in [7, 11) is 0. The first-order valence-electron chi connectivity index (χ1n) is 12.1. The number of nitrogens with one attached hydrogen (secondary N) is 1. The molecular weight excluding hydrogens is 471 g/mol. The van der Waals surface area contributed by atoms with Crippen molar-refractivity contribution >= 4 is 11.6 Å². The molecule has 2 amide bonds. The highest BCUT2D eigenvalue weighted by molar-refractivity contribution is 5.86. The largest absolute Gasteiger partial charge is 0.494 e. The Morgan fingerprint density at radius 2 is 1.70 bits per heavy atom. The molecule has 0 aliphatic carbocycles. The van der Waals surface area contributed by atoms with E-state index < -0.39 is 6.04 Å². The zero-order valence-corrected chi connectivity index (χ0v) is 20.9. The number of aryl methyl sites for hydroxylation is 1. The van der Waals surface area contributed by atoms with Crippen LogP contribution in [0.3, 0.4) is 0 Å². The predicted octanol–water partition coefficient (Wildman–Crippen LogP) is 6.28. The Bertz CT molecular complexity index is 1430. The summed E-state index contributed by atoms with van der Waals surface area (Å²) < 4.78 is 24.9. The molecule has 1 aliphatic heterocycles. The standard InChI is InChI=1S/C29H27FN4O3/c1-4-36-24-15-11-22(12-16-24)27-32-28(37-33-27)25-19(3)34(17-20-7-5-18(2)6-8-20)29(35)31-26(25)21-9-13-23(30)14-10-21/h5-16,26H,4,17H2,1-3H3,(H,31,35). The maximum Gasteiger partial charge on any atom is 0.322 e. The molecule has 0 radical (unpaired) electrons. The zero-order chi connectivity index (χ0) is 25.9. The minimum Gasteiger partial charge on any atom is -0.494 e. The third kappa shape index (κ3) is 5.09. The zero-order valence-electron chi connectivity index (χ0n) is 20.9. The molecule has 4 aromatic rings. The molecule has 188 valence electrons. The molecule has 37 heavy (non-hydrogen) atoms. The molecule has 8 heteroatoms. The van der Waals surface area contributed by atoms with Crippen molar-refractivity contribution in [2.24, 2.45) is 0 Å². The number of hydrogen-bond acceptors (Lipinski definition) is 5. The number of allylic oxidation sites excluding steroid dienone is 1. The Balaban J connectivity index is 1.55. The minimum atomic E-state index is -0.587. The molecule has 0 spiro atoms. The third-order valence-corrected chi connectivity index (χ3v) is 6.34. The fraction of sp³-hybridized carbons (Fsp3) is 0.207. The van der Waals surface area contributed by atoms with Gasteiger partial charge in [-0.3, -0.25) is 4.90 Å². The Kier molecular flexibility index (Phi) is 6.72. The number of aromatic nitrogens is 2. The van der Waals surface area contributed by atoms with Gasteiger partial charge in [0.15, 0.2) is 0 Å². The minimum absolute atomic E-state index is 0.262. The summed E-state index contributed by atoms with van der Waals surface area (Å²) in [5, 5.41) is 7.25. The number of urea groups is 1. The van der Waals surface area contributed by atoms with Crippen molar-refractivity contribution in [1.82, 2.24) is 20.4 Å². The first kappa shape index (κ1) is 24.2. The Hall–Kier alpha value is -4.46. The van der Waals surface area contributed by atoms with Gasteiger partial charge in [0, 0.05) is 11.3 Å². The average molecular weight is 499 g/mol. The van der Waals surface area contributed by atoms with Gasteiger partial charge in [-0.05, 0) is 68.3 Å². The molecule has 1 N–H and O–H groups in total. The van der Waals surface area contributed by atoms with E-state index in [1.165, 1.54) is 12.1 Å². The lowest BCUT2D eigenvalue weighted by Crippen LogP contribution is -2.45. The van der Waals surface area contributed by atoms with Crippen LogP contribution in [0.25, 0.3) is 17.0 Å². The van der Waals surface area contributed by atoms with Crippen LogP contribution in [0.4, 0.5) is 9.18 Å². The number of rotatable bonds is 7. The highest BCUT2D eigenvalue weighted by Gasteiger charge is 2.35. The lowest BCUT2D eigenvalue weighted by molar-refractivity contribution is 0.203. The van der Waals surface area contributed by atoms with Crippen LogP contribution < -0.4 is 10.1 Å². The van der Waals surface area contributed by atoms with Gasteiger partial charge in [-0.25, -0.2) is 9.18 Å². The summed E-state index contributed by atoms with van der Waals surface area (Å²) in [6.07, 6.45) is 0. The van der Waals surface area contributed by atoms with Gasteiger partial charge in [0.25, 0.3) is 5.89 Å². The van der Waals surface area contributed by atoms with E-state index in [0.717, 1.165) is 22.4 Å². The second kappa shape index (κ2) is 10.3. The molecule has 7 nitrogen and oxygen atoms in total. The van der Waals surface area contributed by atoms with Crippen LogP contribution in [0.15, 0.2) is 83.0 Å². The number of ether oxygens (including phenoxy) is 1. The lowest BCUT2D eigenvalue weighted by Gasteiger charge is -2.35. The molecule has 2 heterocycles. The van der Waals surface area contributed by atoms with Crippen molar-refractivity contribution in [3.8, 4) is 17.1 Å². The van der Waals surface area contributed by atoms with Crippen molar-refractivity contribution in [3.05, 3.63) is 107 Å². The molecule has 0 fully saturated rings. The van der Waals surface area contributed by atoms with E-state index in [1.54, 1.807) is 17.0 Å². The topological polar surface area (TPSA) is 80.5 Å². The highest BCUT2D eigenvalue weighted by Crippen LogP contribution is 2.38. The van der Waals surface area contributed by atoms with Crippen LogP contribution in [0.1, 0.15) is 42.5 Å². The van der Waals surface area contributed by atoms with Gasteiger partial charge >= 0.3 is 6.03 Å². The molecule has 1 aromatic heterocycles. The Morgan fingerprint density at radius 3 is 2.38 bits per heavy atom. The molecule has 1 aliphatic rings. The van der Waals surface area contributed by atoms with Crippen molar-refractivity contribution in [2.45, 2.75) is 33.4 Å². The fourth-order valence-corrected chi connectivity index (χ4v) is 4.35. The summed E-state index contributed by atoms with van der Waals surface area (Å²) in [5.41, 5.74) is 4.94. The van der Waals surface area contributed by atoms with Gasteiger partial charge in [-0.1, -0.05) is 47.1 Å². The first-order valence-corrected chi connectivity index (χ1v) is 12.1. The van der Waals surface area contributed by atoms with Crippen LogP contribution >= 0.6 is 0 Å². The summed E-state index contributed by atoms with van der Waals surface area (Å²) >= 11 is 0. The van der Waals surface area contributed by atoms with Gasteiger partial charge in [-0.15, -0.1) is 0 Å². The van der Waals surface area contributed by atoms with Crippen molar-refractivity contribution < 1.29 is 18.4 Å². The van der Waals surface area contributed by atoms with Gasteiger partial charge in [0.1, 0.15) is 11.6 Å². The monoisotopic (exact) mass is 498 g/mol. The molecule has 0 bridgehead atoms. The van der Waals surface area contributed by atoms with Crippen LogP contribution in [-0.4, -0.2) is 27.7 Å². The molecular formula is C29H27FN4O3. The summed E-state index contributed by atoms with van der Waals surface area (Å²) in [4.78, 5) is 19.6. The first-order chi connectivity index (χ1) is 17.9. The van der Waals surface area contributed by atoms with Crippen molar-refractivity contribution in [1.29, 1.82) is 0 Å². The van der Waals surface area contributed by atoms with E-state index in [1.807, 2.05) is 69.3 Å². The van der Waals surface area contributed by atoms with E-state index in [0.29, 0.717) is 35.8 Å². The van der Waals surface area contributed by atoms with Gasteiger partial charge < -0.3 is 14.6 Å². The van der Waals surface area contributed by atoms with E-state index in [9.17, 15) is 9.18 Å². The number of hydrogen-bond donors (Lipinski definition) is 1. The van der Waals surface area contributed by atoms with E-state index in [4.69, 9.17) is 9.26 Å². The second-order valence-electron chi connectivity index (χ2n) is 8.89. The number of carbonyl (C=O) groups excluding carboxylic acids is 1. The predicted molar refractivity (Wildman–Crippen MR) is 138 cm³/mol. The summed E-state index contributed by atoms with van der Waals surface area (Å²) in [6.45, 7) is 6.76. The van der Waals surface area contributed by atoms with Crippen LogP contribution in [0.2, 0.25) is 0 Å². The van der Waals surface area contributed by atoms with Crippen LogP contribution in [-0.2, 0) is 6.54 Å². The van der Waals surface area contributed by atoms with E-state index >= 15 is 0 Å². The lowest BCUT2D eigenvalue weighted by atomic mass is 9.94. The van der Waals surface area contributed by atoms with Gasteiger partial charge in [0.2, 0.25) is 5.82 Å². The average Bonchev–Trinajstić information content (AvgIpc) is 3.38. The third-order valence-electron chi connectivity index (χ3n) is 6.34. The number of amides is 2. The maximum atomic E-state index is 13.7. The highest BCUT2D eigenvalue weighted by atomic mass is 19.1. The molecule has 3 aromatic carbocycles. The Labute approximate surface area is 214 Å². The van der Waals surface area contributed by atoms with Gasteiger partial charge in [0.05, 0.1) is 24.8 Å². The SMILES string of the molecule is CCOc1ccc(-c2noc(C3=C(C)N(Cc4ccc(C)cc4)C(=O)NC3c3ccc(F)cc3)n2)cc1. The summed E-state index contributed by atoms with van der Waals surface area (Å²) in [6, 6.07) is 20.6. The fourth-order valence-electron chi connectivity index (χ4n) is 4.35. The molecule has 5 rings (SSSR count). The molecule has 0 saturated heterocycles. The normalized spacial score (nSPS) is 15.6. The molecule has 1 atom stereocenters. The van der Waals surface area contributed by atoms with E-state index in [-0.39, 0.29) is 17.7 Å². The number of benzene rings is 3. The van der Waals surface area contributed by atoms with Crippen LogP contribution in [0.5, 0.6) is 5.75 Å². The maximum absolute atomic E-state index is 13.7. The van der Waals surface area contributed by atoms with Crippen LogP contribution in [0, 0.1) is 12.7 Å². The molecule has 1 unspecified atom stereocenters. The van der Waals surface area contributed by atoms with E-state index in [2.05, 4.69) is 15.5 Å². The number of halogens is 1. The van der Waals surface area contributed by atoms with Crippen molar-refractivity contribution in [2.75, 3.05) is 6.61 Å². The van der Waals surface area contributed by atoms with Gasteiger partial charge in [-0.2, -0.15) is 4.98 Å². The quantitative estimate of drug-likeness (QED) is 0.324. The number of carbonyl (C=O) groups is 1. The molecule has 0 saturated carbocycles. The summed E-state index contributed by atoms with van der Waals surface area (Å²) in [5.74, 6) is 1.10. The smallest absolute Gasteiger partial charge is 0.322 e. The second-order valence-corrected chi connectivity index (χ2v) is 8.89. The number of nitrogens with zero attached hydrogens (tertiary/aromatic N) is 3. The van der Waals surface area contributed by atoms with Crippen molar-refractivity contribution in [3.63, 3.8) is 0 Å². The Morgan fingerprint density at radius 1 is 1.00 bits per heavy atom.